The number of anilines is 2. The lowest BCUT2D eigenvalue weighted by Gasteiger charge is -2.30. The van der Waals surface area contributed by atoms with Gasteiger partial charge in [-0.15, -0.1) is 13.2 Å². The van der Waals surface area contributed by atoms with Crippen LogP contribution in [0.25, 0.3) is 22.4 Å². The van der Waals surface area contributed by atoms with Gasteiger partial charge < -0.3 is 40.6 Å². The summed E-state index contributed by atoms with van der Waals surface area (Å²) >= 11 is 0. The lowest BCUT2D eigenvalue weighted by atomic mass is 10.00. The van der Waals surface area contributed by atoms with Crippen LogP contribution in [0.4, 0.5) is 29.5 Å². The number of imidazole rings is 1. The Morgan fingerprint density at radius 2 is 1.71 bits per heavy atom. The summed E-state index contributed by atoms with van der Waals surface area (Å²) in [6.07, 6.45) is 0.663. The van der Waals surface area contributed by atoms with E-state index in [1.54, 1.807) is 67.6 Å². The maximum absolute atomic E-state index is 13.8. The number of nitrogens with zero attached hydrogens (tertiary/aromatic N) is 3. The zero-order valence-corrected chi connectivity index (χ0v) is 36.0. The Hall–Kier alpha value is -5.98. The second-order valence-electron chi connectivity index (χ2n) is 16.5. The molecule has 1 aliphatic carbocycles. The number of amides is 4. The number of pyridine rings is 1. The van der Waals surface area contributed by atoms with E-state index in [0.29, 0.717) is 66.0 Å². The quantitative estimate of drug-likeness (QED) is 0.0760. The van der Waals surface area contributed by atoms with Crippen LogP contribution in [0.2, 0.25) is 0 Å². The van der Waals surface area contributed by atoms with Crippen LogP contribution in [0.3, 0.4) is 0 Å². The van der Waals surface area contributed by atoms with Crippen molar-refractivity contribution in [2.45, 2.75) is 70.7 Å². The third-order valence-electron chi connectivity index (χ3n) is 11.2. The summed E-state index contributed by atoms with van der Waals surface area (Å²) in [5.74, 6) is -0.540. The highest BCUT2D eigenvalue weighted by molar-refractivity contribution is 7.84. The van der Waals surface area contributed by atoms with Crippen LogP contribution in [0, 0.1) is 17.3 Å². The van der Waals surface area contributed by atoms with E-state index in [1.807, 2.05) is 0 Å². The highest BCUT2D eigenvalue weighted by Gasteiger charge is 2.46. The van der Waals surface area contributed by atoms with Gasteiger partial charge in [0.25, 0.3) is 5.91 Å². The average molecular weight is 881 g/mol. The minimum atomic E-state index is -5.05. The van der Waals surface area contributed by atoms with Gasteiger partial charge in [-0.3, -0.25) is 18.6 Å². The first kappa shape index (κ1) is 45.5. The van der Waals surface area contributed by atoms with Crippen LogP contribution in [-0.2, 0) is 25.1 Å². The van der Waals surface area contributed by atoms with Gasteiger partial charge in [0, 0.05) is 54.2 Å². The van der Waals surface area contributed by atoms with Crippen molar-refractivity contribution in [3.05, 3.63) is 78.4 Å². The zero-order chi connectivity index (χ0) is 44.9. The number of aromatic amines is 1. The smallest absolute Gasteiger partial charge is 0.453 e. The summed E-state index contributed by atoms with van der Waals surface area (Å²) in [6.45, 7) is 8.91. The number of alkyl halides is 3. The van der Waals surface area contributed by atoms with E-state index >= 15 is 0 Å². The third kappa shape index (κ3) is 11.5. The summed E-state index contributed by atoms with van der Waals surface area (Å²) in [7, 11) is -0.0438. The Labute approximate surface area is 359 Å². The van der Waals surface area contributed by atoms with E-state index in [0.717, 1.165) is 12.5 Å². The van der Waals surface area contributed by atoms with E-state index in [9.17, 15) is 36.6 Å². The molecule has 1 saturated carbocycles. The van der Waals surface area contributed by atoms with E-state index in [-0.39, 0.29) is 46.1 Å². The molecular formula is C43H51F3N8O7S. The number of rotatable bonds is 16. The number of hydrogen-bond donors (Lipinski definition) is 5. The first-order chi connectivity index (χ1) is 29.3. The molecule has 6 rings (SSSR count). The molecular weight excluding hydrogens is 830 g/mol. The standard InChI is InChI=1S/C43H51F3N8O7S/c1-24(2)37(53-41(58)60-5)40(57)54-23-30(62(6)59)19-33(54)38-50-22-32(52-38)26-9-7-25(8-10-26)31-13-11-27(17-34(31)61-43(44,45)46)39(56)51-29-12-14-35(49-21-29)47-15-16-48-36(55)18-28-20-42(28,3)4/h7-14,17,21-22,24,28,30,33,37H,15-16,18-20,23H2,1-6H3,(H,47,49)(H,48,55)(H,50,52)(H,51,56)(H,53,58)/t28-,30-,33-,37-,62?/m0/s1. The van der Waals surface area contributed by atoms with E-state index in [4.69, 9.17) is 4.74 Å². The number of methoxy groups -OCH3 is 1. The summed E-state index contributed by atoms with van der Waals surface area (Å²) < 4.78 is 62.7. The van der Waals surface area contributed by atoms with Crippen molar-refractivity contribution in [2.24, 2.45) is 17.3 Å². The molecule has 2 aliphatic rings. The fourth-order valence-electron chi connectivity index (χ4n) is 7.40. The maximum Gasteiger partial charge on any atom is 0.573 e. The number of benzene rings is 2. The van der Waals surface area contributed by atoms with E-state index < -0.39 is 47.0 Å². The minimum Gasteiger partial charge on any atom is -0.453 e. The largest absolute Gasteiger partial charge is 0.573 e. The number of H-pyrrole nitrogens is 1. The number of nitrogens with one attached hydrogen (secondary N) is 5. The summed E-state index contributed by atoms with van der Waals surface area (Å²) in [6, 6.07) is 12.1. The molecule has 0 bridgehead atoms. The van der Waals surface area contributed by atoms with Crippen molar-refractivity contribution >= 4 is 46.1 Å². The number of halogens is 3. The zero-order valence-electron chi connectivity index (χ0n) is 35.2. The number of hydrogen-bond acceptors (Lipinski definition) is 10. The molecule has 0 spiro atoms. The predicted octanol–water partition coefficient (Wildman–Crippen LogP) is 6.66. The van der Waals surface area contributed by atoms with E-state index in [1.165, 1.54) is 25.4 Å². The van der Waals surface area contributed by atoms with Crippen LogP contribution >= 0.6 is 0 Å². The fraction of sp³-hybridized carbons (Fsp3) is 0.442. The maximum atomic E-state index is 13.8. The van der Waals surface area contributed by atoms with Crippen molar-refractivity contribution in [1.29, 1.82) is 0 Å². The molecule has 15 nitrogen and oxygen atoms in total. The summed E-state index contributed by atoms with van der Waals surface area (Å²) in [5, 5.41) is 10.9. The minimum absolute atomic E-state index is 0.00782. The van der Waals surface area contributed by atoms with Gasteiger partial charge in [0.15, 0.2) is 0 Å². The van der Waals surface area contributed by atoms with Crippen molar-refractivity contribution < 1.29 is 46.0 Å². The molecule has 332 valence electrons. The Morgan fingerprint density at radius 1 is 1.00 bits per heavy atom. The van der Waals surface area contributed by atoms with E-state index in [2.05, 4.69) is 54.8 Å². The van der Waals surface area contributed by atoms with Gasteiger partial charge in [0.05, 0.1) is 42.2 Å². The second kappa shape index (κ2) is 19.0. The van der Waals surface area contributed by atoms with Gasteiger partial charge in [-0.25, -0.2) is 14.8 Å². The van der Waals surface area contributed by atoms with Crippen LogP contribution < -0.4 is 26.0 Å². The lowest BCUT2D eigenvalue weighted by molar-refractivity contribution is -0.274. The van der Waals surface area contributed by atoms with Crippen LogP contribution in [0.15, 0.2) is 67.0 Å². The Kier molecular flexibility index (Phi) is 13.9. The van der Waals surface area contributed by atoms with Crippen LogP contribution in [-0.4, -0.2) is 98.5 Å². The number of carbonyl (C=O) groups excluding carboxylic acids is 4. The number of likely N-dealkylation sites (tertiary alicyclic amines) is 1. The van der Waals surface area contributed by atoms with Crippen LogP contribution in [0.5, 0.6) is 5.75 Å². The first-order valence-corrected chi connectivity index (χ1v) is 21.7. The predicted molar refractivity (Wildman–Crippen MR) is 227 cm³/mol. The molecule has 3 heterocycles. The molecule has 5 atom stereocenters. The van der Waals surface area contributed by atoms with Gasteiger partial charge >= 0.3 is 12.5 Å². The first-order valence-electron chi connectivity index (χ1n) is 20.1. The average Bonchev–Trinajstić information content (AvgIpc) is 3.57. The second-order valence-corrected chi connectivity index (χ2v) is 18.2. The fourth-order valence-corrected chi connectivity index (χ4v) is 8.22. The number of aromatic nitrogens is 3. The SMILES string of the molecule is COC(=O)N[C@H](C(=O)N1C[C@@H](S(C)=O)C[C@H]1c1ncc(-c2ccc(-c3ccc(C(=O)Nc4ccc(NCCNC(=O)C[C@H]5CC5(C)C)nc4)cc3OC(F)(F)F)cc2)[nH]1)C(C)C. The number of ether oxygens (including phenoxy) is 2. The summed E-state index contributed by atoms with van der Waals surface area (Å²) in [4.78, 5) is 64.8. The molecule has 2 aromatic heterocycles. The lowest BCUT2D eigenvalue weighted by Crippen LogP contribution is -2.51. The van der Waals surface area contributed by atoms with Gasteiger partial charge in [-0.2, -0.15) is 0 Å². The molecule has 1 saturated heterocycles. The van der Waals surface area contributed by atoms with Gasteiger partial charge in [-0.1, -0.05) is 52.0 Å². The van der Waals surface area contributed by atoms with Crippen molar-refractivity contribution in [3.63, 3.8) is 0 Å². The molecule has 2 aromatic carbocycles. The monoisotopic (exact) mass is 880 g/mol. The molecule has 62 heavy (non-hydrogen) atoms. The Balaban J connectivity index is 1.11. The summed E-state index contributed by atoms with van der Waals surface area (Å²) in [5.41, 5.74) is 2.10. The Morgan fingerprint density at radius 3 is 2.32 bits per heavy atom. The molecule has 4 aromatic rings. The van der Waals surface area contributed by atoms with Crippen LogP contribution in [0.1, 0.15) is 69.2 Å². The molecule has 2 fully saturated rings. The molecule has 0 radical (unpaired) electrons. The molecule has 4 amide bonds. The third-order valence-corrected chi connectivity index (χ3v) is 12.5. The van der Waals surface area contributed by atoms with Gasteiger partial charge in [0.1, 0.15) is 23.4 Å². The molecule has 5 N–H and O–H groups in total. The van der Waals surface area contributed by atoms with Gasteiger partial charge in [0.2, 0.25) is 11.8 Å². The highest BCUT2D eigenvalue weighted by atomic mass is 32.2. The van der Waals surface area contributed by atoms with Crippen molar-refractivity contribution in [3.8, 4) is 28.1 Å². The molecule has 19 heteroatoms. The Bertz CT molecular complexity index is 2290. The van der Waals surface area contributed by atoms with Crippen molar-refractivity contribution in [2.75, 3.05) is 43.6 Å². The number of carbonyl (C=O) groups is 4. The van der Waals surface area contributed by atoms with Crippen molar-refractivity contribution in [1.82, 2.24) is 30.5 Å². The topological polar surface area (TPSA) is 197 Å². The highest BCUT2D eigenvalue weighted by Crippen LogP contribution is 2.53. The molecule has 1 aliphatic heterocycles. The number of alkyl carbamates (subject to hydrolysis) is 1. The normalized spacial score (nSPS) is 19.0. The van der Waals surface area contributed by atoms with Gasteiger partial charge in [-0.05, 0) is 71.6 Å². The molecule has 1 unspecified atom stereocenters.